The number of hydrogen-bond acceptors (Lipinski definition) is 2. The molecule has 2 aromatic rings. The summed E-state index contributed by atoms with van der Waals surface area (Å²) in [4.78, 5) is 14.0. The van der Waals surface area contributed by atoms with Crippen molar-refractivity contribution in [1.29, 1.82) is 0 Å². The number of likely N-dealkylation sites (N-methyl/N-ethyl adjacent to an activating group) is 1. The molecule has 0 saturated carbocycles. The Morgan fingerprint density at radius 2 is 1.82 bits per heavy atom. The second-order valence-corrected chi connectivity index (χ2v) is 5.67. The number of hydrogen-bond donors (Lipinski definition) is 1. The van der Waals surface area contributed by atoms with Gasteiger partial charge in [0.2, 0.25) is 5.91 Å². The lowest BCUT2D eigenvalue weighted by molar-refractivity contribution is -0.117. The molecular formula is C18H21FN2O. The van der Waals surface area contributed by atoms with Gasteiger partial charge >= 0.3 is 0 Å². The molecule has 0 aromatic heterocycles. The van der Waals surface area contributed by atoms with Crippen LogP contribution in [0.1, 0.15) is 16.7 Å². The molecule has 0 aliphatic carbocycles. The number of benzene rings is 2. The van der Waals surface area contributed by atoms with Gasteiger partial charge in [-0.2, -0.15) is 0 Å². The molecule has 116 valence electrons. The van der Waals surface area contributed by atoms with Crippen LogP contribution in [0.2, 0.25) is 0 Å². The summed E-state index contributed by atoms with van der Waals surface area (Å²) in [5.74, 6) is -0.308. The summed E-state index contributed by atoms with van der Waals surface area (Å²) in [6, 6.07) is 12.3. The van der Waals surface area contributed by atoms with E-state index in [2.05, 4.69) is 5.32 Å². The van der Waals surface area contributed by atoms with E-state index in [1.807, 2.05) is 44.0 Å². The second-order valence-electron chi connectivity index (χ2n) is 5.67. The van der Waals surface area contributed by atoms with Gasteiger partial charge in [-0.25, -0.2) is 4.39 Å². The fourth-order valence-electron chi connectivity index (χ4n) is 2.26. The quantitative estimate of drug-likeness (QED) is 0.916. The van der Waals surface area contributed by atoms with Crippen LogP contribution in [-0.2, 0) is 11.3 Å². The average molecular weight is 300 g/mol. The summed E-state index contributed by atoms with van der Waals surface area (Å²) in [5, 5.41) is 2.94. The maximum atomic E-state index is 12.9. The zero-order valence-corrected chi connectivity index (χ0v) is 13.2. The smallest absolute Gasteiger partial charge is 0.238 e. The van der Waals surface area contributed by atoms with E-state index in [1.54, 1.807) is 12.1 Å². The minimum absolute atomic E-state index is 0.0571. The highest BCUT2D eigenvalue weighted by molar-refractivity contribution is 5.93. The van der Waals surface area contributed by atoms with Crippen molar-refractivity contribution in [2.45, 2.75) is 20.4 Å². The predicted octanol–water partition coefficient (Wildman–Crippen LogP) is 3.51. The fraction of sp³-hybridized carbons (Fsp3) is 0.278. The van der Waals surface area contributed by atoms with Crippen LogP contribution in [0.5, 0.6) is 0 Å². The van der Waals surface area contributed by atoms with Crippen molar-refractivity contribution in [3.05, 3.63) is 65.0 Å². The lowest BCUT2D eigenvalue weighted by Gasteiger charge is -2.17. The van der Waals surface area contributed by atoms with Gasteiger partial charge in [0.15, 0.2) is 0 Å². The van der Waals surface area contributed by atoms with Crippen LogP contribution < -0.4 is 5.32 Å². The van der Waals surface area contributed by atoms with Gasteiger partial charge in [-0.15, -0.1) is 0 Å². The number of nitrogens with zero attached hydrogens (tertiary/aromatic N) is 1. The summed E-state index contributed by atoms with van der Waals surface area (Å²) in [5.41, 5.74) is 3.98. The maximum absolute atomic E-state index is 12.9. The highest BCUT2D eigenvalue weighted by Gasteiger charge is 2.09. The Morgan fingerprint density at radius 1 is 1.14 bits per heavy atom. The molecule has 2 aromatic carbocycles. The molecule has 0 fully saturated rings. The van der Waals surface area contributed by atoms with Crippen molar-refractivity contribution in [3.8, 4) is 0 Å². The van der Waals surface area contributed by atoms with Gasteiger partial charge in [-0.3, -0.25) is 9.69 Å². The van der Waals surface area contributed by atoms with Gasteiger partial charge < -0.3 is 5.32 Å². The Labute approximate surface area is 130 Å². The van der Waals surface area contributed by atoms with Crippen LogP contribution in [0.25, 0.3) is 0 Å². The number of amides is 1. The van der Waals surface area contributed by atoms with Crippen LogP contribution in [0, 0.1) is 19.7 Å². The standard InChI is InChI=1S/C18H21FN2O/c1-13-4-5-14(2)17(10-13)20-18(22)12-21(3)11-15-6-8-16(19)9-7-15/h4-10H,11-12H2,1-3H3,(H,20,22). The minimum atomic E-state index is -0.251. The molecule has 3 nitrogen and oxygen atoms in total. The molecule has 0 spiro atoms. The van der Waals surface area contributed by atoms with Gasteiger partial charge in [0.1, 0.15) is 5.82 Å². The van der Waals surface area contributed by atoms with E-state index in [4.69, 9.17) is 0 Å². The van der Waals surface area contributed by atoms with Crippen LogP contribution in [0.15, 0.2) is 42.5 Å². The first-order valence-electron chi connectivity index (χ1n) is 7.24. The van der Waals surface area contributed by atoms with Gasteiger partial charge in [-0.1, -0.05) is 24.3 Å². The largest absolute Gasteiger partial charge is 0.325 e. The first-order valence-corrected chi connectivity index (χ1v) is 7.24. The van der Waals surface area contributed by atoms with E-state index < -0.39 is 0 Å². The molecule has 1 amide bonds. The third kappa shape index (κ3) is 4.67. The summed E-state index contributed by atoms with van der Waals surface area (Å²) in [6.45, 7) is 4.85. The number of rotatable bonds is 5. The molecule has 2 rings (SSSR count). The van der Waals surface area contributed by atoms with Crippen molar-refractivity contribution >= 4 is 11.6 Å². The summed E-state index contributed by atoms with van der Waals surface area (Å²) >= 11 is 0. The zero-order chi connectivity index (χ0) is 16.1. The van der Waals surface area contributed by atoms with Gasteiger partial charge in [0.05, 0.1) is 6.54 Å². The SMILES string of the molecule is Cc1ccc(C)c(NC(=O)CN(C)Cc2ccc(F)cc2)c1. The highest BCUT2D eigenvalue weighted by atomic mass is 19.1. The summed E-state index contributed by atoms with van der Waals surface area (Å²) < 4.78 is 12.9. The van der Waals surface area contributed by atoms with Gasteiger partial charge in [0.25, 0.3) is 0 Å². The van der Waals surface area contributed by atoms with Crippen molar-refractivity contribution in [2.24, 2.45) is 0 Å². The molecule has 0 aliphatic heterocycles. The van der Waals surface area contributed by atoms with Gasteiger partial charge in [-0.05, 0) is 55.8 Å². The molecule has 4 heteroatoms. The van der Waals surface area contributed by atoms with E-state index in [1.165, 1.54) is 12.1 Å². The lowest BCUT2D eigenvalue weighted by Crippen LogP contribution is -2.30. The number of halogens is 1. The van der Waals surface area contributed by atoms with Crippen molar-refractivity contribution in [1.82, 2.24) is 4.90 Å². The Balaban J connectivity index is 1.91. The first-order chi connectivity index (χ1) is 10.4. The lowest BCUT2D eigenvalue weighted by atomic mass is 10.1. The van der Waals surface area contributed by atoms with Crippen LogP contribution in [0.3, 0.4) is 0 Å². The average Bonchev–Trinajstić information content (AvgIpc) is 2.45. The second kappa shape index (κ2) is 7.18. The highest BCUT2D eigenvalue weighted by Crippen LogP contribution is 2.16. The third-order valence-corrected chi connectivity index (χ3v) is 3.45. The molecule has 0 aliphatic rings. The molecular weight excluding hydrogens is 279 g/mol. The van der Waals surface area contributed by atoms with Crippen molar-refractivity contribution in [3.63, 3.8) is 0 Å². The summed E-state index contributed by atoms with van der Waals surface area (Å²) in [6.07, 6.45) is 0. The van der Waals surface area contributed by atoms with Gasteiger partial charge in [0, 0.05) is 12.2 Å². The number of carbonyl (C=O) groups excluding carboxylic acids is 1. The summed E-state index contributed by atoms with van der Waals surface area (Å²) in [7, 11) is 1.87. The number of anilines is 1. The maximum Gasteiger partial charge on any atom is 0.238 e. The Bertz CT molecular complexity index is 653. The molecule has 22 heavy (non-hydrogen) atoms. The Kier molecular flexibility index (Phi) is 5.28. The third-order valence-electron chi connectivity index (χ3n) is 3.45. The molecule has 0 radical (unpaired) electrons. The Hall–Kier alpha value is -2.20. The molecule has 0 unspecified atom stereocenters. The fourth-order valence-corrected chi connectivity index (χ4v) is 2.26. The molecule has 0 saturated heterocycles. The van der Waals surface area contributed by atoms with Crippen molar-refractivity contribution in [2.75, 3.05) is 18.9 Å². The number of aryl methyl sites for hydroxylation is 2. The monoisotopic (exact) mass is 300 g/mol. The van der Waals surface area contributed by atoms with E-state index in [9.17, 15) is 9.18 Å². The topological polar surface area (TPSA) is 32.3 Å². The number of nitrogens with one attached hydrogen (secondary N) is 1. The van der Waals surface area contributed by atoms with Crippen LogP contribution in [0.4, 0.5) is 10.1 Å². The van der Waals surface area contributed by atoms with E-state index in [-0.39, 0.29) is 18.3 Å². The molecule has 0 atom stereocenters. The van der Waals surface area contributed by atoms with Crippen LogP contribution in [-0.4, -0.2) is 24.4 Å². The minimum Gasteiger partial charge on any atom is -0.325 e. The molecule has 0 heterocycles. The normalized spacial score (nSPS) is 10.8. The number of carbonyl (C=O) groups is 1. The van der Waals surface area contributed by atoms with E-state index in [0.29, 0.717) is 6.54 Å². The predicted molar refractivity (Wildman–Crippen MR) is 87.3 cm³/mol. The molecule has 0 bridgehead atoms. The van der Waals surface area contributed by atoms with E-state index in [0.717, 1.165) is 22.4 Å². The molecule has 1 N–H and O–H groups in total. The van der Waals surface area contributed by atoms with Crippen molar-refractivity contribution < 1.29 is 9.18 Å². The van der Waals surface area contributed by atoms with Crippen LogP contribution >= 0.6 is 0 Å². The zero-order valence-electron chi connectivity index (χ0n) is 13.2. The van der Waals surface area contributed by atoms with E-state index >= 15 is 0 Å². The first kappa shape index (κ1) is 16.2. The Morgan fingerprint density at radius 3 is 2.50 bits per heavy atom.